The minimum absolute atomic E-state index is 0.0507. The minimum atomic E-state index is -0.722. The standard InChI is InChI=1S/C11H18N2O3/c14-9(15)4-2-1-3-7-5-6-8-10(7)13-11(16)12-8/h7-8,10H,1-6H2,(H,14,15)(H2,12,13,16)/t7-,8+,10-/m1/s1. The highest BCUT2D eigenvalue weighted by molar-refractivity contribution is 5.77. The molecule has 1 aliphatic carbocycles. The Morgan fingerprint density at radius 1 is 1.31 bits per heavy atom. The van der Waals surface area contributed by atoms with Crippen LogP contribution in [0.2, 0.25) is 0 Å². The third-order valence-electron chi connectivity index (χ3n) is 3.62. The van der Waals surface area contributed by atoms with E-state index in [1.54, 1.807) is 0 Å². The number of carboxylic acid groups (broad SMARTS) is 1. The topological polar surface area (TPSA) is 78.4 Å². The van der Waals surface area contributed by atoms with Crippen LogP contribution < -0.4 is 10.6 Å². The Morgan fingerprint density at radius 2 is 2.12 bits per heavy atom. The lowest BCUT2D eigenvalue weighted by Crippen LogP contribution is -2.33. The molecule has 2 amide bonds. The molecule has 0 aromatic carbocycles. The Bertz CT molecular complexity index is 293. The Kier molecular flexibility index (Phi) is 3.31. The van der Waals surface area contributed by atoms with Gasteiger partial charge in [0.1, 0.15) is 0 Å². The van der Waals surface area contributed by atoms with Crippen LogP contribution in [0.25, 0.3) is 0 Å². The van der Waals surface area contributed by atoms with Crippen molar-refractivity contribution in [2.75, 3.05) is 0 Å². The maximum Gasteiger partial charge on any atom is 0.315 e. The van der Waals surface area contributed by atoms with Crippen LogP contribution in [0.1, 0.15) is 38.5 Å². The third-order valence-corrected chi connectivity index (χ3v) is 3.62. The van der Waals surface area contributed by atoms with Crippen molar-refractivity contribution in [3.8, 4) is 0 Å². The summed E-state index contributed by atoms with van der Waals surface area (Å²) in [5, 5.41) is 14.4. The number of carboxylic acids is 1. The van der Waals surface area contributed by atoms with E-state index < -0.39 is 5.97 Å². The highest BCUT2D eigenvalue weighted by Gasteiger charge is 2.41. The Labute approximate surface area is 94.6 Å². The average Bonchev–Trinajstić information content (AvgIpc) is 2.72. The SMILES string of the molecule is O=C(O)CCCC[C@@H]1CC[C@@H]2NC(=O)N[C@H]12. The van der Waals surface area contributed by atoms with Gasteiger partial charge in [0.15, 0.2) is 0 Å². The molecule has 2 rings (SSSR count). The van der Waals surface area contributed by atoms with Crippen LogP contribution in [0.4, 0.5) is 4.79 Å². The van der Waals surface area contributed by atoms with Gasteiger partial charge in [-0.25, -0.2) is 4.79 Å². The second kappa shape index (κ2) is 4.72. The van der Waals surface area contributed by atoms with Crippen molar-refractivity contribution in [3.05, 3.63) is 0 Å². The van der Waals surface area contributed by atoms with Gasteiger partial charge >= 0.3 is 12.0 Å². The van der Waals surface area contributed by atoms with Gasteiger partial charge in [-0.2, -0.15) is 0 Å². The first kappa shape index (κ1) is 11.2. The maximum absolute atomic E-state index is 11.1. The molecule has 1 saturated carbocycles. The number of urea groups is 1. The number of unbranched alkanes of at least 4 members (excludes halogenated alkanes) is 1. The molecule has 5 heteroatoms. The average molecular weight is 226 g/mol. The fourth-order valence-electron chi connectivity index (χ4n) is 2.83. The molecule has 0 bridgehead atoms. The molecule has 2 fully saturated rings. The molecule has 2 aliphatic rings. The molecule has 90 valence electrons. The summed E-state index contributed by atoms with van der Waals surface area (Å²) in [5.74, 6) is -0.196. The summed E-state index contributed by atoms with van der Waals surface area (Å²) >= 11 is 0. The molecule has 0 aromatic rings. The summed E-state index contributed by atoms with van der Waals surface area (Å²) < 4.78 is 0. The highest BCUT2D eigenvalue weighted by atomic mass is 16.4. The van der Waals surface area contributed by atoms with E-state index >= 15 is 0 Å². The van der Waals surface area contributed by atoms with Gasteiger partial charge in [-0.3, -0.25) is 4.79 Å². The largest absolute Gasteiger partial charge is 0.481 e. The first-order chi connectivity index (χ1) is 7.66. The summed E-state index contributed by atoms with van der Waals surface area (Å²) in [7, 11) is 0. The molecule has 0 spiro atoms. The van der Waals surface area contributed by atoms with Crippen molar-refractivity contribution in [1.29, 1.82) is 0 Å². The van der Waals surface area contributed by atoms with E-state index in [0.717, 1.165) is 32.1 Å². The zero-order valence-corrected chi connectivity index (χ0v) is 9.24. The number of nitrogens with one attached hydrogen (secondary N) is 2. The van der Waals surface area contributed by atoms with Gasteiger partial charge in [-0.15, -0.1) is 0 Å². The van der Waals surface area contributed by atoms with Gasteiger partial charge in [0, 0.05) is 6.42 Å². The predicted molar refractivity (Wildman–Crippen MR) is 58.1 cm³/mol. The van der Waals surface area contributed by atoms with Gasteiger partial charge in [0.2, 0.25) is 0 Å². The molecule has 1 heterocycles. The van der Waals surface area contributed by atoms with Crippen LogP contribution in [-0.2, 0) is 4.79 Å². The number of carbonyl (C=O) groups excluding carboxylic acids is 1. The number of carbonyl (C=O) groups is 2. The van der Waals surface area contributed by atoms with Crippen LogP contribution in [0, 0.1) is 5.92 Å². The van der Waals surface area contributed by atoms with Crippen molar-refractivity contribution >= 4 is 12.0 Å². The monoisotopic (exact) mass is 226 g/mol. The van der Waals surface area contributed by atoms with E-state index in [1.165, 1.54) is 0 Å². The molecule has 0 unspecified atom stereocenters. The van der Waals surface area contributed by atoms with Gasteiger partial charge in [0.05, 0.1) is 12.1 Å². The molecule has 5 nitrogen and oxygen atoms in total. The van der Waals surface area contributed by atoms with Crippen LogP contribution in [0.15, 0.2) is 0 Å². The molecule has 0 radical (unpaired) electrons. The van der Waals surface area contributed by atoms with Crippen molar-refractivity contribution in [2.24, 2.45) is 5.92 Å². The molecular weight excluding hydrogens is 208 g/mol. The highest BCUT2D eigenvalue weighted by Crippen LogP contribution is 2.32. The summed E-state index contributed by atoms with van der Waals surface area (Å²) in [4.78, 5) is 21.5. The van der Waals surface area contributed by atoms with Gasteiger partial charge < -0.3 is 15.7 Å². The lowest BCUT2D eigenvalue weighted by atomic mass is 9.96. The zero-order chi connectivity index (χ0) is 11.5. The Hall–Kier alpha value is -1.26. The second-order valence-electron chi connectivity index (χ2n) is 4.73. The third kappa shape index (κ3) is 2.46. The minimum Gasteiger partial charge on any atom is -0.481 e. The maximum atomic E-state index is 11.1. The lowest BCUT2D eigenvalue weighted by Gasteiger charge is -2.17. The smallest absolute Gasteiger partial charge is 0.315 e. The van der Waals surface area contributed by atoms with Gasteiger partial charge in [-0.05, 0) is 31.6 Å². The molecule has 1 aliphatic heterocycles. The zero-order valence-electron chi connectivity index (χ0n) is 9.24. The number of fused-ring (bicyclic) bond motifs is 1. The van der Waals surface area contributed by atoms with Gasteiger partial charge in [-0.1, -0.05) is 6.42 Å². The normalized spacial score (nSPS) is 32.0. The predicted octanol–water partition coefficient (Wildman–Crippen LogP) is 1.09. The van der Waals surface area contributed by atoms with Crippen molar-refractivity contribution in [1.82, 2.24) is 10.6 Å². The molecule has 0 aromatic heterocycles. The molecule has 3 N–H and O–H groups in total. The quantitative estimate of drug-likeness (QED) is 0.614. The Morgan fingerprint density at radius 3 is 2.88 bits per heavy atom. The fraction of sp³-hybridized carbons (Fsp3) is 0.818. The molecule has 1 saturated heterocycles. The van der Waals surface area contributed by atoms with Crippen molar-refractivity contribution < 1.29 is 14.7 Å². The Balaban J connectivity index is 1.70. The lowest BCUT2D eigenvalue weighted by molar-refractivity contribution is -0.137. The summed E-state index contributed by atoms with van der Waals surface area (Å²) in [6, 6.07) is 0.527. The summed E-state index contributed by atoms with van der Waals surface area (Å²) in [6.07, 6.45) is 5.14. The molecule has 16 heavy (non-hydrogen) atoms. The van der Waals surface area contributed by atoms with Crippen LogP contribution >= 0.6 is 0 Å². The van der Waals surface area contributed by atoms with Crippen molar-refractivity contribution in [2.45, 2.75) is 50.6 Å². The second-order valence-corrected chi connectivity index (χ2v) is 4.73. The van der Waals surface area contributed by atoms with E-state index in [4.69, 9.17) is 5.11 Å². The van der Waals surface area contributed by atoms with Crippen LogP contribution in [-0.4, -0.2) is 29.2 Å². The fourth-order valence-corrected chi connectivity index (χ4v) is 2.83. The van der Waals surface area contributed by atoms with E-state index in [9.17, 15) is 9.59 Å². The van der Waals surface area contributed by atoms with Gasteiger partial charge in [0.25, 0.3) is 0 Å². The van der Waals surface area contributed by atoms with E-state index in [0.29, 0.717) is 12.0 Å². The van der Waals surface area contributed by atoms with E-state index in [-0.39, 0.29) is 18.5 Å². The number of amides is 2. The van der Waals surface area contributed by atoms with Crippen molar-refractivity contribution in [3.63, 3.8) is 0 Å². The summed E-state index contributed by atoms with van der Waals surface area (Å²) in [6.45, 7) is 0. The number of hydrogen-bond acceptors (Lipinski definition) is 2. The summed E-state index contributed by atoms with van der Waals surface area (Å²) in [5.41, 5.74) is 0. The molecule has 3 atom stereocenters. The van der Waals surface area contributed by atoms with E-state index in [1.807, 2.05) is 0 Å². The number of rotatable bonds is 5. The molecular formula is C11H18N2O3. The number of hydrogen-bond donors (Lipinski definition) is 3. The number of aliphatic carboxylic acids is 1. The van der Waals surface area contributed by atoms with E-state index in [2.05, 4.69) is 10.6 Å². The van der Waals surface area contributed by atoms with Crippen LogP contribution in [0.5, 0.6) is 0 Å². The van der Waals surface area contributed by atoms with Crippen LogP contribution in [0.3, 0.4) is 0 Å². The first-order valence-electron chi connectivity index (χ1n) is 5.95. The first-order valence-corrected chi connectivity index (χ1v) is 5.95.